The Labute approximate surface area is 151 Å². The number of para-hydroxylation sites is 1. The minimum atomic E-state index is -0.292. The summed E-state index contributed by atoms with van der Waals surface area (Å²) < 4.78 is 1.14. The number of carbonyl (C=O) groups is 1. The number of aromatic nitrogens is 1. The van der Waals surface area contributed by atoms with Crippen LogP contribution in [0.15, 0.2) is 42.5 Å². The summed E-state index contributed by atoms with van der Waals surface area (Å²) in [5, 5.41) is 4.41. The van der Waals surface area contributed by atoms with Crippen LogP contribution in [0.1, 0.15) is 24.4 Å². The number of thiazole rings is 1. The van der Waals surface area contributed by atoms with Gasteiger partial charge in [-0.05, 0) is 57.0 Å². The molecule has 0 fully saturated rings. The van der Waals surface area contributed by atoms with Crippen LogP contribution in [-0.4, -0.2) is 23.0 Å². The second-order valence-corrected chi connectivity index (χ2v) is 7.91. The first-order valence-electron chi connectivity index (χ1n) is 8.57. The number of fused-ring (bicyclic) bond motifs is 2. The maximum atomic E-state index is 13.0. The van der Waals surface area contributed by atoms with Crippen molar-refractivity contribution in [1.82, 2.24) is 4.98 Å². The molecular formula is C20H21N3OS. The predicted molar refractivity (Wildman–Crippen MR) is 105 cm³/mol. The lowest BCUT2D eigenvalue weighted by Gasteiger charge is -2.27. The molecule has 3 aromatic rings. The third-order valence-electron chi connectivity index (χ3n) is 4.69. The van der Waals surface area contributed by atoms with Crippen LogP contribution in [0.25, 0.3) is 10.2 Å². The average molecular weight is 351 g/mol. The van der Waals surface area contributed by atoms with Crippen LogP contribution >= 0.6 is 11.3 Å². The molecule has 0 saturated carbocycles. The molecule has 5 heteroatoms. The Bertz CT molecular complexity index is 949. The summed E-state index contributed by atoms with van der Waals surface area (Å²) in [5.41, 5.74) is 4.26. The lowest BCUT2D eigenvalue weighted by atomic mass is 10.1. The zero-order chi connectivity index (χ0) is 17.6. The standard InChI is InChI=1S/C20H21N3OS/c1-12-10-15-6-4-5-7-18(15)23(12)20(24)13(2)21-16-8-9-17-19(11-16)25-14(3)22-17/h4-9,11-13,21H,10H2,1-3H3/t12-,13-/m1/s1. The van der Waals surface area contributed by atoms with Gasteiger partial charge in [0.1, 0.15) is 6.04 Å². The third-order valence-corrected chi connectivity index (χ3v) is 5.63. The molecule has 1 aliphatic rings. The van der Waals surface area contributed by atoms with E-state index in [0.29, 0.717) is 0 Å². The number of benzene rings is 2. The highest BCUT2D eigenvalue weighted by atomic mass is 32.1. The molecule has 0 unspecified atom stereocenters. The lowest BCUT2D eigenvalue weighted by Crippen LogP contribution is -2.44. The molecule has 0 radical (unpaired) electrons. The number of nitrogens with zero attached hydrogens (tertiary/aromatic N) is 2. The summed E-state index contributed by atoms with van der Waals surface area (Å²) in [4.78, 5) is 19.5. The van der Waals surface area contributed by atoms with E-state index in [1.54, 1.807) is 11.3 Å². The zero-order valence-electron chi connectivity index (χ0n) is 14.6. The number of carbonyl (C=O) groups excluding carboxylic acids is 1. The topological polar surface area (TPSA) is 45.2 Å². The molecular weight excluding hydrogens is 330 g/mol. The second kappa shape index (κ2) is 6.15. The first-order chi connectivity index (χ1) is 12.0. The Morgan fingerprint density at radius 2 is 2.12 bits per heavy atom. The van der Waals surface area contributed by atoms with E-state index in [0.717, 1.165) is 33.0 Å². The molecule has 0 spiro atoms. The summed E-state index contributed by atoms with van der Waals surface area (Å²) in [6, 6.07) is 14.2. The maximum absolute atomic E-state index is 13.0. The minimum absolute atomic E-state index is 0.109. The van der Waals surface area contributed by atoms with Gasteiger partial charge in [-0.2, -0.15) is 0 Å². The van der Waals surface area contributed by atoms with Gasteiger partial charge in [0.15, 0.2) is 0 Å². The number of rotatable bonds is 3. The molecule has 0 aliphatic carbocycles. The van der Waals surface area contributed by atoms with E-state index in [1.807, 2.05) is 49.1 Å². The Kier molecular flexibility index (Phi) is 3.96. The van der Waals surface area contributed by atoms with E-state index < -0.39 is 0 Å². The van der Waals surface area contributed by atoms with Crippen LogP contribution < -0.4 is 10.2 Å². The van der Waals surface area contributed by atoms with Crippen molar-refractivity contribution >= 4 is 38.8 Å². The molecule has 4 nitrogen and oxygen atoms in total. The molecule has 1 N–H and O–H groups in total. The monoisotopic (exact) mass is 351 g/mol. The van der Waals surface area contributed by atoms with Gasteiger partial charge >= 0.3 is 0 Å². The number of anilines is 2. The fourth-order valence-corrected chi connectivity index (χ4v) is 4.42. The summed E-state index contributed by atoms with van der Waals surface area (Å²) in [6.07, 6.45) is 0.917. The Morgan fingerprint density at radius 3 is 2.96 bits per heavy atom. The van der Waals surface area contributed by atoms with E-state index >= 15 is 0 Å². The van der Waals surface area contributed by atoms with Crippen LogP contribution in [0.3, 0.4) is 0 Å². The molecule has 0 saturated heterocycles. The summed E-state index contributed by atoms with van der Waals surface area (Å²) in [7, 11) is 0. The third kappa shape index (κ3) is 2.89. The summed E-state index contributed by atoms with van der Waals surface area (Å²) >= 11 is 1.67. The molecule has 0 bridgehead atoms. The zero-order valence-corrected chi connectivity index (χ0v) is 15.4. The Hall–Kier alpha value is -2.40. The fourth-order valence-electron chi connectivity index (χ4n) is 3.55. The number of aryl methyl sites for hydroxylation is 1. The molecule has 4 rings (SSSR count). The predicted octanol–water partition coefficient (Wildman–Crippen LogP) is 4.38. The lowest BCUT2D eigenvalue weighted by molar-refractivity contribution is -0.119. The smallest absolute Gasteiger partial charge is 0.249 e. The highest BCUT2D eigenvalue weighted by molar-refractivity contribution is 7.18. The van der Waals surface area contributed by atoms with E-state index in [-0.39, 0.29) is 18.0 Å². The molecule has 2 atom stereocenters. The van der Waals surface area contributed by atoms with Gasteiger partial charge in [0, 0.05) is 17.4 Å². The maximum Gasteiger partial charge on any atom is 0.249 e. The van der Waals surface area contributed by atoms with E-state index in [2.05, 4.69) is 29.4 Å². The van der Waals surface area contributed by atoms with Gasteiger partial charge < -0.3 is 10.2 Å². The first-order valence-corrected chi connectivity index (χ1v) is 9.39. The minimum Gasteiger partial charge on any atom is -0.374 e. The van der Waals surface area contributed by atoms with Crippen molar-refractivity contribution in [2.45, 2.75) is 39.3 Å². The first kappa shape index (κ1) is 16.1. The quantitative estimate of drug-likeness (QED) is 0.761. The van der Waals surface area contributed by atoms with E-state index in [1.165, 1.54) is 5.56 Å². The van der Waals surface area contributed by atoms with Gasteiger partial charge in [0.05, 0.1) is 15.2 Å². The van der Waals surface area contributed by atoms with Crippen molar-refractivity contribution in [2.75, 3.05) is 10.2 Å². The van der Waals surface area contributed by atoms with Crippen molar-refractivity contribution < 1.29 is 4.79 Å². The van der Waals surface area contributed by atoms with E-state index in [9.17, 15) is 4.79 Å². The Morgan fingerprint density at radius 1 is 1.32 bits per heavy atom. The van der Waals surface area contributed by atoms with Crippen molar-refractivity contribution in [3.63, 3.8) is 0 Å². The van der Waals surface area contributed by atoms with Gasteiger partial charge in [-0.3, -0.25) is 4.79 Å². The van der Waals surface area contributed by atoms with Gasteiger partial charge in [0.2, 0.25) is 5.91 Å². The average Bonchev–Trinajstić information content (AvgIpc) is 3.11. The SMILES string of the molecule is Cc1nc2ccc(N[C@H](C)C(=O)N3c4ccccc4C[C@H]3C)cc2s1. The number of hydrogen-bond acceptors (Lipinski definition) is 4. The molecule has 2 heterocycles. The fraction of sp³-hybridized carbons (Fsp3) is 0.300. The molecule has 1 aliphatic heterocycles. The second-order valence-electron chi connectivity index (χ2n) is 6.67. The van der Waals surface area contributed by atoms with E-state index in [4.69, 9.17) is 0 Å². The highest BCUT2D eigenvalue weighted by Gasteiger charge is 2.32. The van der Waals surface area contributed by atoms with Crippen LogP contribution in [0.2, 0.25) is 0 Å². The Balaban J connectivity index is 1.55. The van der Waals surface area contributed by atoms with Crippen molar-refractivity contribution in [1.29, 1.82) is 0 Å². The van der Waals surface area contributed by atoms with Gasteiger partial charge in [-0.25, -0.2) is 4.98 Å². The number of hydrogen-bond donors (Lipinski definition) is 1. The van der Waals surface area contributed by atoms with Crippen LogP contribution in [0, 0.1) is 6.92 Å². The normalized spacial score (nSPS) is 17.6. The van der Waals surface area contributed by atoms with Crippen LogP contribution in [0.4, 0.5) is 11.4 Å². The van der Waals surface area contributed by atoms with Gasteiger partial charge in [-0.15, -0.1) is 11.3 Å². The van der Waals surface area contributed by atoms with Crippen molar-refractivity contribution in [3.8, 4) is 0 Å². The van der Waals surface area contributed by atoms with Crippen LogP contribution in [0.5, 0.6) is 0 Å². The summed E-state index contributed by atoms with van der Waals surface area (Å²) in [6.45, 7) is 6.05. The van der Waals surface area contributed by atoms with Crippen molar-refractivity contribution in [3.05, 3.63) is 53.0 Å². The highest BCUT2D eigenvalue weighted by Crippen LogP contribution is 2.32. The molecule has 2 aromatic carbocycles. The molecule has 128 valence electrons. The van der Waals surface area contributed by atoms with Crippen LogP contribution in [-0.2, 0) is 11.2 Å². The molecule has 1 amide bonds. The summed E-state index contributed by atoms with van der Waals surface area (Å²) in [5.74, 6) is 0.109. The van der Waals surface area contributed by atoms with Gasteiger partial charge in [-0.1, -0.05) is 18.2 Å². The van der Waals surface area contributed by atoms with Crippen molar-refractivity contribution in [2.24, 2.45) is 0 Å². The largest absolute Gasteiger partial charge is 0.374 e. The molecule has 25 heavy (non-hydrogen) atoms. The molecule has 1 aromatic heterocycles. The number of amides is 1. The number of nitrogens with one attached hydrogen (secondary N) is 1. The van der Waals surface area contributed by atoms with Gasteiger partial charge in [0.25, 0.3) is 0 Å².